The van der Waals surface area contributed by atoms with Gasteiger partial charge in [-0.15, -0.1) is 16.4 Å². The van der Waals surface area contributed by atoms with Crippen molar-refractivity contribution in [3.8, 4) is 5.75 Å². The number of methoxy groups -OCH3 is 1. The quantitative estimate of drug-likeness (QED) is 0.419. The van der Waals surface area contributed by atoms with Gasteiger partial charge in [-0.2, -0.15) is 0 Å². The fraction of sp³-hybridized carbons (Fsp3) is 0.250. The molecule has 1 amide bonds. The average Bonchev–Trinajstić information content (AvgIpc) is 3.46. The van der Waals surface area contributed by atoms with Crippen molar-refractivity contribution >= 4 is 34.0 Å². The Hall–Kier alpha value is -3.72. The van der Waals surface area contributed by atoms with Crippen LogP contribution in [0.3, 0.4) is 0 Å². The molecule has 2 heterocycles. The molecule has 4 aromatic rings. The maximum Gasteiger partial charge on any atom is 0.248 e. The number of para-hydroxylation sites is 1. The molecule has 8 nitrogen and oxygen atoms in total. The number of thiazole rings is 1. The number of aromatic nitrogens is 4. The van der Waals surface area contributed by atoms with Gasteiger partial charge in [0, 0.05) is 10.6 Å². The van der Waals surface area contributed by atoms with Crippen molar-refractivity contribution in [2.24, 2.45) is 0 Å². The molecule has 0 saturated carbocycles. The van der Waals surface area contributed by atoms with E-state index in [0.717, 1.165) is 52.0 Å². The first-order chi connectivity index (χ1) is 16.2. The minimum Gasteiger partial charge on any atom is -0.497 e. The highest BCUT2D eigenvalue weighted by Gasteiger charge is 2.31. The van der Waals surface area contributed by atoms with E-state index in [-0.39, 0.29) is 11.8 Å². The van der Waals surface area contributed by atoms with Crippen LogP contribution >= 0.6 is 11.3 Å². The molecule has 0 fully saturated rings. The molecule has 0 aliphatic heterocycles. The number of hydrogen-bond donors (Lipinski definition) is 2. The molecular weight excluding hydrogens is 436 g/mol. The van der Waals surface area contributed by atoms with E-state index in [1.165, 1.54) is 0 Å². The summed E-state index contributed by atoms with van der Waals surface area (Å²) in [6.45, 7) is 0.557. The minimum atomic E-state index is -0.301. The second-order valence-corrected chi connectivity index (χ2v) is 8.95. The molecule has 5 rings (SSSR count). The van der Waals surface area contributed by atoms with Crippen molar-refractivity contribution in [1.82, 2.24) is 19.7 Å². The third kappa shape index (κ3) is 4.88. The average molecular weight is 461 g/mol. The van der Waals surface area contributed by atoms with E-state index >= 15 is 0 Å². The van der Waals surface area contributed by atoms with Crippen molar-refractivity contribution in [3.05, 3.63) is 77.1 Å². The lowest BCUT2D eigenvalue weighted by molar-refractivity contribution is -0.118. The zero-order valence-corrected chi connectivity index (χ0v) is 19.0. The van der Waals surface area contributed by atoms with Crippen molar-refractivity contribution in [2.75, 3.05) is 17.7 Å². The SMILES string of the molecule is COc1ccc(Cn2cnc(NC(=O)C3CCCc4sc(Nc5ccccc5)nc43)n2)cc1. The molecule has 33 heavy (non-hydrogen) atoms. The van der Waals surface area contributed by atoms with Crippen molar-refractivity contribution in [1.29, 1.82) is 0 Å². The smallest absolute Gasteiger partial charge is 0.248 e. The second-order valence-electron chi connectivity index (χ2n) is 7.87. The fourth-order valence-corrected chi connectivity index (χ4v) is 5.00. The van der Waals surface area contributed by atoms with Crippen LogP contribution in [0, 0.1) is 0 Å². The number of rotatable bonds is 7. The predicted octanol–water partition coefficient (Wildman–Crippen LogP) is 4.59. The molecule has 2 aromatic heterocycles. The minimum absolute atomic E-state index is 0.116. The maximum atomic E-state index is 13.1. The van der Waals surface area contributed by atoms with Gasteiger partial charge in [-0.3, -0.25) is 10.1 Å². The van der Waals surface area contributed by atoms with Gasteiger partial charge >= 0.3 is 0 Å². The van der Waals surface area contributed by atoms with Crippen LogP contribution in [0.15, 0.2) is 60.9 Å². The zero-order chi connectivity index (χ0) is 22.6. The molecule has 0 radical (unpaired) electrons. The number of anilines is 3. The summed E-state index contributed by atoms with van der Waals surface area (Å²) in [6, 6.07) is 17.7. The first-order valence-corrected chi connectivity index (χ1v) is 11.6. The standard InChI is InChI=1S/C24H24N6O2S/c1-32-18-12-10-16(11-13-18)14-30-15-25-23(29-30)28-22(31)19-8-5-9-20-21(19)27-24(33-20)26-17-6-3-2-4-7-17/h2-4,6-7,10-13,15,19H,5,8-9,14H2,1H3,(H,26,27)(H,28,29,31). The molecule has 1 aliphatic rings. The van der Waals surface area contributed by atoms with Gasteiger partial charge in [0.15, 0.2) is 5.13 Å². The van der Waals surface area contributed by atoms with Crippen LogP contribution in [-0.2, 0) is 17.8 Å². The summed E-state index contributed by atoms with van der Waals surface area (Å²) in [4.78, 5) is 23.2. The molecular formula is C24H24N6O2S. The highest BCUT2D eigenvalue weighted by molar-refractivity contribution is 7.15. The van der Waals surface area contributed by atoms with Crippen LogP contribution in [0.2, 0.25) is 0 Å². The number of nitrogens with one attached hydrogen (secondary N) is 2. The van der Waals surface area contributed by atoms with E-state index in [9.17, 15) is 4.79 Å². The van der Waals surface area contributed by atoms with Gasteiger partial charge in [-0.05, 0) is 49.1 Å². The molecule has 168 valence electrons. The topological polar surface area (TPSA) is 94.0 Å². The van der Waals surface area contributed by atoms with E-state index in [1.807, 2.05) is 54.6 Å². The molecule has 2 N–H and O–H groups in total. The van der Waals surface area contributed by atoms with Gasteiger partial charge in [0.2, 0.25) is 11.9 Å². The van der Waals surface area contributed by atoms with Crippen LogP contribution in [0.4, 0.5) is 16.8 Å². The lowest BCUT2D eigenvalue weighted by atomic mass is 9.90. The lowest BCUT2D eigenvalue weighted by Crippen LogP contribution is -2.25. The Labute approximate surface area is 195 Å². The predicted molar refractivity (Wildman–Crippen MR) is 128 cm³/mol. The Bertz CT molecular complexity index is 1240. The summed E-state index contributed by atoms with van der Waals surface area (Å²) in [7, 11) is 1.64. The van der Waals surface area contributed by atoms with E-state index in [4.69, 9.17) is 9.72 Å². The summed E-state index contributed by atoms with van der Waals surface area (Å²) in [6.07, 6.45) is 4.29. The monoisotopic (exact) mass is 460 g/mol. The lowest BCUT2D eigenvalue weighted by Gasteiger charge is -2.19. The van der Waals surface area contributed by atoms with Gasteiger partial charge in [0.1, 0.15) is 12.1 Å². The number of fused-ring (bicyclic) bond motifs is 1. The van der Waals surface area contributed by atoms with E-state index in [1.54, 1.807) is 29.5 Å². The first-order valence-electron chi connectivity index (χ1n) is 10.8. The van der Waals surface area contributed by atoms with Gasteiger partial charge < -0.3 is 10.1 Å². The molecule has 0 spiro atoms. The highest BCUT2D eigenvalue weighted by Crippen LogP contribution is 2.38. The number of benzene rings is 2. The highest BCUT2D eigenvalue weighted by atomic mass is 32.1. The second kappa shape index (κ2) is 9.41. The van der Waals surface area contributed by atoms with E-state index in [2.05, 4.69) is 20.7 Å². The van der Waals surface area contributed by atoms with Gasteiger partial charge in [-0.25, -0.2) is 14.6 Å². The third-order valence-corrected chi connectivity index (χ3v) is 6.62. The molecule has 1 atom stereocenters. The molecule has 0 saturated heterocycles. The Balaban J connectivity index is 1.25. The summed E-state index contributed by atoms with van der Waals surface area (Å²) >= 11 is 1.62. The van der Waals surface area contributed by atoms with Crippen LogP contribution in [0.1, 0.15) is 34.9 Å². The Morgan fingerprint density at radius 3 is 2.79 bits per heavy atom. The molecule has 1 aliphatic carbocycles. The Kier molecular flexibility index (Phi) is 6.03. The van der Waals surface area contributed by atoms with E-state index in [0.29, 0.717) is 12.5 Å². The Morgan fingerprint density at radius 1 is 1.18 bits per heavy atom. The third-order valence-electron chi connectivity index (χ3n) is 5.57. The normalized spacial score (nSPS) is 15.0. The Morgan fingerprint density at radius 2 is 2.00 bits per heavy atom. The fourth-order valence-electron chi connectivity index (χ4n) is 3.92. The summed E-state index contributed by atoms with van der Waals surface area (Å²) < 4.78 is 6.89. The molecule has 2 aromatic carbocycles. The zero-order valence-electron chi connectivity index (χ0n) is 18.2. The number of carbonyl (C=O) groups is 1. The maximum absolute atomic E-state index is 13.1. The number of amides is 1. The summed E-state index contributed by atoms with van der Waals surface area (Å²) in [5, 5.41) is 11.4. The number of carbonyl (C=O) groups excluding carboxylic acids is 1. The van der Waals surface area contributed by atoms with Crippen molar-refractivity contribution < 1.29 is 9.53 Å². The molecule has 1 unspecified atom stereocenters. The number of aryl methyl sites for hydroxylation is 1. The van der Waals surface area contributed by atoms with Gasteiger partial charge in [-0.1, -0.05) is 30.3 Å². The van der Waals surface area contributed by atoms with Crippen LogP contribution in [0.25, 0.3) is 0 Å². The number of nitrogens with zero attached hydrogens (tertiary/aromatic N) is 4. The summed E-state index contributed by atoms with van der Waals surface area (Å²) in [5.41, 5.74) is 2.91. The van der Waals surface area contributed by atoms with Gasteiger partial charge in [0.05, 0.1) is 25.3 Å². The first kappa shape index (κ1) is 21.1. The number of hydrogen-bond acceptors (Lipinski definition) is 7. The summed E-state index contributed by atoms with van der Waals surface area (Å²) in [5.74, 6) is 0.694. The van der Waals surface area contributed by atoms with Gasteiger partial charge in [0.25, 0.3) is 0 Å². The van der Waals surface area contributed by atoms with E-state index < -0.39 is 0 Å². The van der Waals surface area contributed by atoms with Crippen LogP contribution in [-0.4, -0.2) is 32.8 Å². The number of ether oxygens (including phenoxy) is 1. The van der Waals surface area contributed by atoms with Crippen LogP contribution in [0.5, 0.6) is 5.75 Å². The van der Waals surface area contributed by atoms with Crippen LogP contribution < -0.4 is 15.4 Å². The molecule has 0 bridgehead atoms. The molecule has 9 heteroatoms. The van der Waals surface area contributed by atoms with Crippen molar-refractivity contribution in [3.63, 3.8) is 0 Å². The largest absolute Gasteiger partial charge is 0.497 e. The van der Waals surface area contributed by atoms with Crippen molar-refractivity contribution in [2.45, 2.75) is 31.7 Å².